The van der Waals surface area contributed by atoms with E-state index in [9.17, 15) is 0 Å². The second-order valence-electron chi connectivity index (χ2n) is 5.15. The van der Waals surface area contributed by atoms with Crippen LogP contribution in [0.1, 0.15) is 32.8 Å². The SMILES string of the molecule is CCCNCC(C)(C)Cc1cccc(Cl)c1. The molecule has 0 spiro atoms. The first-order valence-electron chi connectivity index (χ1n) is 5.99. The van der Waals surface area contributed by atoms with Crippen LogP contribution in [-0.2, 0) is 6.42 Å². The van der Waals surface area contributed by atoms with Gasteiger partial charge in [-0.25, -0.2) is 0 Å². The third kappa shape index (κ3) is 5.00. The minimum absolute atomic E-state index is 0.278. The van der Waals surface area contributed by atoms with Crippen molar-refractivity contribution in [2.45, 2.75) is 33.6 Å². The monoisotopic (exact) mass is 239 g/mol. The molecule has 90 valence electrons. The number of rotatable bonds is 6. The summed E-state index contributed by atoms with van der Waals surface area (Å²) in [5, 5.41) is 4.31. The van der Waals surface area contributed by atoms with Crippen LogP contribution in [0.3, 0.4) is 0 Å². The second-order valence-corrected chi connectivity index (χ2v) is 5.58. The Balaban J connectivity index is 2.51. The van der Waals surface area contributed by atoms with Gasteiger partial charge in [-0.1, -0.05) is 44.5 Å². The van der Waals surface area contributed by atoms with Crippen LogP contribution in [0.5, 0.6) is 0 Å². The Hall–Kier alpha value is -0.530. The molecule has 0 unspecified atom stereocenters. The number of hydrogen-bond acceptors (Lipinski definition) is 1. The molecule has 0 heterocycles. The molecular formula is C14H22ClN. The Morgan fingerprint density at radius 2 is 2.06 bits per heavy atom. The van der Waals surface area contributed by atoms with Gasteiger partial charge < -0.3 is 5.32 Å². The van der Waals surface area contributed by atoms with Crippen molar-refractivity contribution in [3.63, 3.8) is 0 Å². The van der Waals surface area contributed by atoms with Gasteiger partial charge in [0.2, 0.25) is 0 Å². The lowest BCUT2D eigenvalue weighted by Crippen LogP contribution is -2.31. The summed E-state index contributed by atoms with van der Waals surface area (Å²) in [6, 6.07) is 8.15. The molecule has 0 fully saturated rings. The number of hydrogen-bond donors (Lipinski definition) is 1. The molecule has 0 aromatic heterocycles. The third-order valence-electron chi connectivity index (χ3n) is 2.60. The molecule has 0 saturated carbocycles. The van der Waals surface area contributed by atoms with Crippen molar-refractivity contribution in [1.82, 2.24) is 5.32 Å². The molecular weight excluding hydrogens is 218 g/mol. The quantitative estimate of drug-likeness (QED) is 0.743. The second kappa shape index (κ2) is 6.27. The summed E-state index contributed by atoms with van der Waals surface area (Å²) >= 11 is 5.98. The molecule has 0 atom stereocenters. The zero-order valence-corrected chi connectivity index (χ0v) is 11.3. The number of halogens is 1. The van der Waals surface area contributed by atoms with Crippen molar-refractivity contribution < 1.29 is 0 Å². The average molecular weight is 240 g/mol. The van der Waals surface area contributed by atoms with Gasteiger partial charge in [-0.2, -0.15) is 0 Å². The first kappa shape index (κ1) is 13.5. The largest absolute Gasteiger partial charge is 0.316 e. The molecule has 2 heteroatoms. The predicted octanol–water partition coefficient (Wildman–Crippen LogP) is 3.91. The van der Waals surface area contributed by atoms with Crippen LogP contribution in [0.15, 0.2) is 24.3 Å². The van der Waals surface area contributed by atoms with Crippen molar-refractivity contribution in [3.8, 4) is 0 Å². The van der Waals surface area contributed by atoms with Gasteiger partial charge in [0.25, 0.3) is 0 Å². The zero-order chi connectivity index (χ0) is 12.0. The van der Waals surface area contributed by atoms with E-state index < -0.39 is 0 Å². The molecule has 16 heavy (non-hydrogen) atoms. The maximum atomic E-state index is 5.98. The molecule has 0 amide bonds. The zero-order valence-electron chi connectivity index (χ0n) is 10.5. The Kier molecular flexibility index (Phi) is 5.30. The molecule has 1 rings (SSSR count). The van der Waals surface area contributed by atoms with Gasteiger partial charge in [0.05, 0.1) is 0 Å². The topological polar surface area (TPSA) is 12.0 Å². The Bertz CT molecular complexity index is 320. The van der Waals surface area contributed by atoms with Crippen LogP contribution in [-0.4, -0.2) is 13.1 Å². The van der Waals surface area contributed by atoms with E-state index in [0.717, 1.165) is 24.5 Å². The molecule has 1 aromatic carbocycles. The van der Waals surface area contributed by atoms with Gasteiger partial charge in [0, 0.05) is 11.6 Å². The first-order chi connectivity index (χ1) is 7.53. The van der Waals surface area contributed by atoms with E-state index in [1.807, 2.05) is 12.1 Å². The van der Waals surface area contributed by atoms with Crippen molar-refractivity contribution in [1.29, 1.82) is 0 Å². The molecule has 0 aliphatic heterocycles. The van der Waals surface area contributed by atoms with Crippen molar-refractivity contribution >= 4 is 11.6 Å². The summed E-state index contributed by atoms with van der Waals surface area (Å²) in [5.41, 5.74) is 1.59. The average Bonchev–Trinajstić information content (AvgIpc) is 2.17. The fourth-order valence-electron chi connectivity index (χ4n) is 1.87. The molecule has 0 aliphatic rings. The molecule has 1 aromatic rings. The highest BCUT2D eigenvalue weighted by Gasteiger charge is 2.17. The van der Waals surface area contributed by atoms with Crippen molar-refractivity contribution in [2.75, 3.05) is 13.1 Å². The highest BCUT2D eigenvalue weighted by Crippen LogP contribution is 2.22. The van der Waals surface area contributed by atoms with Crippen LogP contribution < -0.4 is 5.32 Å². The minimum atomic E-state index is 0.278. The summed E-state index contributed by atoms with van der Waals surface area (Å²) in [6.07, 6.45) is 2.25. The highest BCUT2D eigenvalue weighted by molar-refractivity contribution is 6.30. The third-order valence-corrected chi connectivity index (χ3v) is 2.84. The lowest BCUT2D eigenvalue weighted by molar-refractivity contribution is 0.339. The van der Waals surface area contributed by atoms with E-state index >= 15 is 0 Å². The Morgan fingerprint density at radius 3 is 2.69 bits per heavy atom. The first-order valence-corrected chi connectivity index (χ1v) is 6.36. The van der Waals surface area contributed by atoms with E-state index in [2.05, 4.69) is 38.2 Å². The van der Waals surface area contributed by atoms with Crippen LogP contribution in [0.4, 0.5) is 0 Å². The smallest absolute Gasteiger partial charge is 0.0408 e. The predicted molar refractivity (Wildman–Crippen MR) is 72.1 cm³/mol. The molecule has 1 N–H and O–H groups in total. The molecule has 1 nitrogen and oxygen atoms in total. The summed E-state index contributed by atoms with van der Waals surface area (Å²) in [6.45, 7) is 8.91. The van der Waals surface area contributed by atoms with Crippen LogP contribution in [0, 0.1) is 5.41 Å². The maximum Gasteiger partial charge on any atom is 0.0408 e. The Morgan fingerprint density at radius 1 is 1.31 bits per heavy atom. The standard InChI is InChI=1S/C14H22ClN/c1-4-8-16-11-14(2,3)10-12-6-5-7-13(15)9-12/h5-7,9,16H,4,8,10-11H2,1-3H3. The summed E-state index contributed by atoms with van der Waals surface area (Å²) < 4.78 is 0. The fourth-order valence-corrected chi connectivity index (χ4v) is 2.08. The van der Waals surface area contributed by atoms with Gasteiger partial charge in [-0.15, -0.1) is 0 Å². The van der Waals surface area contributed by atoms with E-state index in [1.165, 1.54) is 12.0 Å². The Labute approximate surface area is 104 Å². The van der Waals surface area contributed by atoms with Gasteiger partial charge in [-0.05, 0) is 42.5 Å². The summed E-state index contributed by atoms with van der Waals surface area (Å²) in [4.78, 5) is 0. The molecule has 0 saturated heterocycles. The van der Waals surface area contributed by atoms with Gasteiger partial charge in [0.15, 0.2) is 0 Å². The van der Waals surface area contributed by atoms with E-state index in [4.69, 9.17) is 11.6 Å². The lowest BCUT2D eigenvalue weighted by Gasteiger charge is -2.25. The lowest BCUT2D eigenvalue weighted by atomic mass is 9.85. The van der Waals surface area contributed by atoms with Crippen molar-refractivity contribution in [3.05, 3.63) is 34.9 Å². The summed E-state index contributed by atoms with van der Waals surface area (Å²) in [5.74, 6) is 0. The fraction of sp³-hybridized carbons (Fsp3) is 0.571. The van der Waals surface area contributed by atoms with Crippen LogP contribution in [0.2, 0.25) is 5.02 Å². The van der Waals surface area contributed by atoms with Crippen molar-refractivity contribution in [2.24, 2.45) is 5.41 Å². The highest BCUT2D eigenvalue weighted by atomic mass is 35.5. The molecule has 0 radical (unpaired) electrons. The van der Waals surface area contributed by atoms with Crippen LogP contribution in [0.25, 0.3) is 0 Å². The van der Waals surface area contributed by atoms with E-state index in [-0.39, 0.29) is 5.41 Å². The van der Waals surface area contributed by atoms with E-state index in [1.54, 1.807) is 0 Å². The molecule has 0 aliphatic carbocycles. The van der Waals surface area contributed by atoms with E-state index in [0.29, 0.717) is 0 Å². The van der Waals surface area contributed by atoms with Crippen LogP contribution >= 0.6 is 11.6 Å². The number of nitrogens with one attached hydrogen (secondary N) is 1. The summed E-state index contributed by atoms with van der Waals surface area (Å²) in [7, 11) is 0. The van der Waals surface area contributed by atoms with Gasteiger partial charge in [0.1, 0.15) is 0 Å². The van der Waals surface area contributed by atoms with Gasteiger partial charge >= 0.3 is 0 Å². The maximum absolute atomic E-state index is 5.98. The van der Waals surface area contributed by atoms with Gasteiger partial charge in [-0.3, -0.25) is 0 Å². The molecule has 0 bridgehead atoms. The number of benzene rings is 1. The minimum Gasteiger partial charge on any atom is -0.316 e. The normalized spacial score (nSPS) is 11.8.